The van der Waals surface area contributed by atoms with Gasteiger partial charge in [-0.2, -0.15) is 0 Å². The molecular weight excluding hydrogens is 656 g/mol. The van der Waals surface area contributed by atoms with Crippen LogP contribution < -0.4 is 10.4 Å². The molecule has 0 spiro atoms. The summed E-state index contributed by atoms with van der Waals surface area (Å²) in [4.78, 5) is 0. The van der Waals surface area contributed by atoms with E-state index in [0.29, 0.717) is 0 Å². The van der Waals surface area contributed by atoms with Crippen LogP contribution in [0.5, 0.6) is 0 Å². The maximum absolute atomic E-state index is 2.55. The zero-order valence-corrected chi connectivity index (χ0v) is 30.2. The van der Waals surface area contributed by atoms with Crippen LogP contribution in [0.15, 0.2) is 181 Å². The second kappa shape index (κ2) is 13.2. The molecular formula is C47H39Zr. The normalized spacial score (nSPS) is 17.7. The van der Waals surface area contributed by atoms with E-state index < -0.39 is 22.8 Å². The van der Waals surface area contributed by atoms with Gasteiger partial charge in [0.15, 0.2) is 0 Å². The molecule has 0 fully saturated rings. The van der Waals surface area contributed by atoms with Gasteiger partial charge in [0.05, 0.1) is 0 Å². The Balaban J connectivity index is 1.57. The maximum atomic E-state index is 2.55. The van der Waals surface area contributed by atoms with Crippen molar-refractivity contribution in [1.82, 2.24) is 0 Å². The average molecular weight is 695 g/mol. The van der Waals surface area contributed by atoms with Crippen molar-refractivity contribution in [2.75, 3.05) is 0 Å². The van der Waals surface area contributed by atoms with Crippen LogP contribution in [0.2, 0.25) is 0 Å². The van der Waals surface area contributed by atoms with E-state index in [1.807, 2.05) is 0 Å². The minimum atomic E-state index is -1.43. The van der Waals surface area contributed by atoms with E-state index in [4.69, 9.17) is 0 Å². The summed E-state index contributed by atoms with van der Waals surface area (Å²) in [7, 11) is 0. The van der Waals surface area contributed by atoms with E-state index in [2.05, 4.69) is 178 Å². The van der Waals surface area contributed by atoms with Crippen LogP contribution in [0, 0.1) is 0 Å². The summed E-state index contributed by atoms with van der Waals surface area (Å²) in [5, 5.41) is 2.88. The van der Waals surface area contributed by atoms with Crippen molar-refractivity contribution in [3.8, 4) is 11.1 Å². The van der Waals surface area contributed by atoms with Crippen LogP contribution in [0.1, 0.15) is 48.9 Å². The molecule has 0 aromatic heterocycles. The van der Waals surface area contributed by atoms with E-state index in [1.165, 1.54) is 69.3 Å². The third kappa shape index (κ3) is 5.30. The van der Waals surface area contributed by atoms with Crippen molar-refractivity contribution in [2.45, 2.75) is 38.5 Å². The van der Waals surface area contributed by atoms with E-state index in [0.717, 1.165) is 19.3 Å². The van der Waals surface area contributed by atoms with Gasteiger partial charge < -0.3 is 0 Å². The molecule has 0 N–H and O–H groups in total. The molecule has 0 bridgehead atoms. The number of benzene rings is 5. The monoisotopic (exact) mass is 693 g/mol. The summed E-state index contributed by atoms with van der Waals surface area (Å²) >= 11 is -1.43. The molecule has 5 aromatic carbocycles. The molecule has 0 aliphatic heterocycles. The van der Waals surface area contributed by atoms with E-state index >= 15 is 0 Å². The SMILES string of the molecule is CCc1cc(-c2ccccc2)c2c(c1)=[C]([Zr]=[C](c1ccccc1)c1ccccc1)C1=C(C3=CC=CC3)C(CC)(c3ccccc3)C=CC=21. The Labute approximate surface area is 296 Å². The van der Waals surface area contributed by atoms with Gasteiger partial charge in [0.25, 0.3) is 0 Å². The molecule has 0 heterocycles. The van der Waals surface area contributed by atoms with Crippen LogP contribution in [0.4, 0.5) is 0 Å². The summed E-state index contributed by atoms with van der Waals surface area (Å²) in [6.45, 7) is 4.68. The Morgan fingerprint density at radius 3 is 1.94 bits per heavy atom. The van der Waals surface area contributed by atoms with Crippen molar-refractivity contribution < 1.29 is 22.8 Å². The first kappa shape index (κ1) is 30.9. The number of hydrogen-bond donors (Lipinski definition) is 0. The van der Waals surface area contributed by atoms with Gasteiger partial charge in [0, 0.05) is 0 Å². The molecule has 1 atom stereocenters. The van der Waals surface area contributed by atoms with Crippen molar-refractivity contribution >= 4 is 12.1 Å². The zero-order valence-electron chi connectivity index (χ0n) is 27.7. The molecule has 231 valence electrons. The van der Waals surface area contributed by atoms with Gasteiger partial charge >= 0.3 is 298 Å². The first-order valence-electron chi connectivity index (χ1n) is 17.3. The number of hydrogen-bond acceptors (Lipinski definition) is 0. The van der Waals surface area contributed by atoms with E-state index in [-0.39, 0.29) is 5.41 Å². The van der Waals surface area contributed by atoms with Crippen molar-refractivity contribution in [2.24, 2.45) is 0 Å². The van der Waals surface area contributed by atoms with Crippen LogP contribution >= 0.6 is 0 Å². The first-order valence-corrected chi connectivity index (χ1v) is 19.8. The van der Waals surface area contributed by atoms with E-state index in [1.54, 1.807) is 3.28 Å². The molecule has 0 nitrogen and oxygen atoms in total. The molecule has 0 radical (unpaired) electrons. The fraction of sp³-hybridized carbons (Fsp3) is 0.128. The summed E-state index contributed by atoms with van der Waals surface area (Å²) in [5.74, 6) is 0. The van der Waals surface area contributed by atoms with Gasteiger partial charge in [-0.3, -0.25) is 0 Å². The number of rotatable bonds is 8. The fourth-order valence-corrected chi connectivity index (χ4v) is 11.8. The molecule has 5 aromatic rings. The Morgan fingerprint density at radius 2 is 1.35 bits per heavy atom. The van der Waals surface area contributed by atoms with Crippen LogP contribution in [-0.2, 0) is 34.6 Å². The predicted octanol–water partition coefficient (Wildman–Crippen LogP) is 9.64. The minimum absolute atomic E-state index is 0.204. The third-order valence-electron chi connectivity index (χ3n) is 10.3. The third-order valence-corrected chi connectivity index (χ3v) is 14.2. The van der Waals surface area contributed by atoms with Gasteiger partial charge in [-0.1, -0.05) is 0 Å². The summed E-state index contributed by atoms with van der Waals surface area (Å²) in [6, 6.07) is 49.7. The number of fused-ring (bicyclic) bond motifs is 2. The van der Waals surface area contributed by atoms with Crippen LogP contribution in [0.3, 0.4) is 0 Å². The second-order valence-corrected chi connectivity index (χ2v) is 16.0. The second-order valence-electron chi connectivity index (χ2n) is 12.9. The number of allylic oxidation sites excluding steroid dienone is 8. The van der Waals surface area contributed by atoms with Crippen LogP contribution in [-0.4, -0.2) is 3.21 Å². The molecule has 0 saturated heterocycles. The topological polar surface area (TPSA) is 0 Å². The molecule has 0 amide bonds. The molecule has 3 aliphatic carbocycles. The van der Waals surface area contributed by atoms with E-state index in [9.17, 15) is 0 Å². The quantitative estimate of drug-likeness (QED) is 0.152. The van der Waals surface area contributed by atoms with Gasteiger partial charge in [0.2, 0.25) is 0 Å². The zero-order chi connectivity index (χ0) is 32.5. The first-order chi connectivity index (χ1) is 23.7. The molecule has 8 rings (SSSR count). The van der Waals surface area contributed by atoms with Gasteiger partial charge in [0.1, 0.15) is 0 Å². The van der Waals surface area contributed by atoms with Gasteiger partial charge in [-0.05, 0) is 0 Å². The van der Waals surface area contributed by atoms with Crippen molar-refractivity contribution in [1.29, 1.82) is 0 Å². The molecule has 48 heavy (non-hydrogen) atoms. The number of aryl methyl sites for hydroxylation is 1. The Bertz CT molecular complexity index is 2240. The fourth-order valence-electron chi connectivity index (χ4n) is 7.92. The summed E-state index contributed by atoms with van der Waals surface area (Å²) in [6.07, 6.45) is 15.0. The summed E-state index contributed by atoms with van der Waals surface area (Å²) < 4.78 is 3.14. The average Bonchev–Trinajstić information content (AvgIpc) is 3.81. The Hall–Kier alpha value is -4.45. The molecule has 1 heteroatoms. The molecule has 0 saturated carbocycles. The van der Waals surface area contributed by atoms with Gasteiger partial charge in [-0.25, -0.2) is 0 Å². The molecule has 1 unspecified atom stereocenters. The standard InChI is InChI=1S/C34H29.C13H10.Zr/c1-3-24-21-27-23-31-29(32(27)30(22-24)25-13-7-5-8-14-25)19-20-34(4-2,28-17-9-6-10-18-28)33(31)26-15-11-12-16-26;1-3-7-12(8-4-1)11-13-9-5-2-6-10-13;/h5-15,17-22H,3-4,16H2,1-2H3;1-10H;. The van der Waals surface area contributed by atoms with Crippen LogP contribution in [0.25, 0.3) is 20.0 Å². The predicted molar refractivity (Wildman–Crippen MR) is 200 cm³/mol. The Morgan fingerprint density at radius 1 is 0.729 bits per heavy atom. The summed E-state index contributed by atoms with van der Waals surface area (Å²) in [5.41, 5.74) is 13.8. The molecule has 3 aliphatic rings. The Kier molecular flexibility index (Phi) is 8.50. The van der Waals surface area contributed by atoms with Crippen molar-refractivity contribution in [3.05, 3.63) is 213 Å². The van der Waals surface area contributed by atoms with Crippen molar-refractivity contribution in [3.63, 3.8) is 0 Å². The van der Waals surface area contributed by atoms with Gasteiger partial charge in [-0.15, -0.1) is 0 Å².